The van der Waals surface area contributed by atoms with Gasteiger partial charge in [-0.05, 0) is 49.6 Å². The van der Waals surface area contributed by atoms with Crippen LogP contribution < -0.4 is 10.2 Å². The van der Waals surface area contributed by atoms with Crippen LogP contribution in [-0.4, -0.2) is 29.1 Å². The average Bonchev–Trinajstić information content (AvgIpc) is 2.68. The second-order valence-electron chi connectivity index (χ2n) is 6.60. The highest BCUT2D eigenvalue weighted by Crippen LogP contribution is 2.24. The van der Waals surface area contributed by atoms with Crippen LogP contribution >= 0.6 is 0 Å². The first-order valence-corrected chi connectivity index (χ1v) is 8.77. The van der Waals surface area contributed by atoms with Crippen LogP contribution in [0.2, 0.25) is 0 Å². The molecule has 1 aromatic carbocycles. The number of carbonyl (C=O) groups excluding carboxylic acids is 1. The summed E-state index contributed by atoms with van der Waals surface area (Å²) in [6.45, 7) is 3.44. The molecule has 6 heteroatoms. The first-order valence-electron chi connectivity index (χ1n) is 8.77. The van der Waals surface area contributed by atoms with E-state index in [1.54, 1.807) is 30.5 Å². The number of hydrogen-bond donors (Lipinski definition) is 2. The third-order valence-electron chi connectivity index (χ3n) is 4.80. The van der Waals surface area contributed by atoms with Gasteiger partial charge >= 0.3 is 0 Å². The van der Waals surface area contributed by atoms with Crippen molar-refractivity contribution in [2.75, 3.05) is 18.0 Å². The molecular formula is C20H22N4O2. The highest BCUT2D eigenvalue weighted by Gasteiger charge is 2.26. The van der Waals surface area contributed by atoms with E-state index in [9.17, 15) is 9.90 Å². The molecule has 1 fully saturated rings. The Morgan fingerprint density at radius 2 is 2.12 bits per heavy atom. The second kappa shape index (κ2) is 7.87. The van der Waals surface area contributed by atoms with Crippen molar-refractivity contribution in [2.45, 2.75) is 25.8 Å². The largest absolute Gasteiger partial charge is 0.508 e. The van der Waals surface area contributed by atoms with E-state index >= 15 is 0 Å². The number of phenols is 1. The second-order valence-corrected chi connectivity index (χ2v) is 6.60. The summed E-state index contributed by atoms with van der Waals surface area (Å²) in [4.78, 5) is 19.0. The zero-order valence-corrected chi connectivity index (χ0v) is 14.7. The molecule has 1 aromatic heterocycles. The molecule has 2 aromatic rings. The zero-order valence-electron chi connectivity index (χ0n) is 14.7. The lowest BCUT2D eigenvalue weighted by Gasteiger charge is -2.32. The number of phenolic OH excluding ortho intramolecular Hbond substituents is 1. The van der Waals surface area contributed by atoms with Crippen LogP contribution in [0.3, 0.4) is 0 Å². The lowest BCUT2D eigenvalue weighted by molar-refractivity contribution is -0.126. The molecule has 134 valence electrons. The Morgan fingerprint density at radius 1 is 1.35 bits per heavy atom. The van der Waals surface area contributed by atoms with Crippen LogP contribution in [0, 0.1) is 17.2 Å². The van der Waals surface area contributed by atoms with Crippen LogP contribution in [0.25, 0.3) is 0 Å². The van der Waals surface area contributed by atoms with E-state index in [1.165, 1.54) is 0 Å². The summed E-state index contributed by atoms with van der Waals surface area (Å²) >= 11 is 0. The first-order chi connectivity index (χ1) is 12.6. The van der Waals surface area contributed by atoms with Gasteiger partial charge in [-0.25, -0.2) is 4.98 Å². The molecule has 1 amide bonds. The fourth-order valence-corrected chi connectivity index (χ4v) is 3.22. The molecule has 0 radical (unpaired) electrons. The molecular weight excluding hydrogens is 328 g/mol. The Labute approximate surface area is 153 Å². The van der Waals surface area contributed by atoms with Crippen molar-refractivity contribution in [2.24, 2.45) is 5.92 Å². The monoisotopic (exact) mass is 350 g/mol. The zero-order chi connectivity index (χ0) is 18.5. The minimum absolute atomic E-state index is 0.0237. The molecule has 0 unspecified atom stereocenters. The SMILES string of the molecule is C[C@H](NC(=O)C1CCN(c2ccc(C#N)cn2)CC1)c1cccc(O)c1. The molecule has 26 heavy (non-hydrogen) atoms. The van der Waals surface area contributed by atoms with Gasteiger partial charge in [0.25, 0.3) is 0 Å². The van der Waals surface area contributed by atoms with Gasteiger partial charge in [-0.1, -0.05) is 12.1 Å². The van der Waals surface area contributed by atoms with Gasteiger partial charge in [0.05, 0.1) is 11.6 Å². The average molecular weight is 350 g/mol. The van der Waals surface area contributed by atoms with E-state index in [4.69, 9.17) is 5.26 Å². The number of anilines is 1. The number of amides is 1. The van der Waals surface area contributed by atoms with Crippen LogP contribution in [0.5, 0.6) is 5.75 Å². The van der Waals surface area contributed by atoms with Gasteiger partial charge in [0.1, 0.15) is 17.6 Å². The minimum Gasteiger partial charge on any atom is -0.508 e. The van der Waals surface area contributed by atoms with Gasteiger partial charge < -0.3 is 15.3 Å². The normalized spacial score (nSPS) is 15.9. The lowest BCUT2D eigenvalue weighted by Crippen LogP contribution is -2.41. The number of nitriles is 1. The molecule has 0 aliphatic carbocycles. The summed E-state index contributed by atoms with van der Waals surface area (Å²) < 4.78 is 0. The number of aromatic hydroxyl groups is 1. The van der Waals surface area contributed by atoms with Gasteiger partial charge in [-0.2, -0.15) is 5.26 Å². The van der Waals surface area contributed by atoms with Gasteiger partial charge in [0, 0.05) is 25.2 Å². The maximum Gasteiger partial charge on any atom is 0.223 e. The van der Waals surface area contributed by atoms with Crippen molar-refractivity contribution < 1.29 is 9.90 Å². The number of nitrogens with one attached hydrogen (secondary N) is 1. The van der Waals surface area contributed by atoms with E-state index < -0.39 is 0 Å². The Hall–Kier alpha value is -3.07. The molecule has 1 saturated heterocycles. The van der Waals surface area contributed by atoms with Crippen molar-refractivity contribution in [3.63, 3.8) is 0 Å². The Kier molecular flexibility index (Phi) is 5.37. The van der Waals surface area contributed by atoms with Crippen molar-refractivity contribution in [3.8, 4) is 11.8 Å². The maximum atomic E-state index is 12.5. The number of aromatic nitrogens is 1. The molecule has 1 atom stereocenters. The fraction of sp³-hybridized carbons (Fsp3) is 0.350. The van der Waals surface area contributed by atoms with E-state index in [1.807, 2.05) is 19.1 Å². The fourth-order valence-electron chi connectivity index (χ4n) is 3.22. The van der Waals surface area contributed by atoms with Crippen LogP contribution in [0.4, 0.5) is 5.82 Å². The van der Waals surface area contributed by atoms with E-state index in [0.717, 1.165) is 37.3 Å². The molecule has 6 nitrogen and oxygen atoms in total. The highest BCUT2D eigenvalue weighted by atomic mass is 16.3. The van der Waals surface area contributed by atoms with Gasteiger partial charge in [0.15, 0.2) is 0 Å². The predicted molar refractivity (Wildman–Crippen MR) is 98.6 cm³/mol. The van der Waals surface area contributed by atoms with Crippen LogP contribution in [-0.2, 0) is 4.79 Å². The summed E-state index contributed by atoms with van der Waals surface area (Å²) in [6, 6.07) is 12.5. The highest BCUT2D eigenvalue weighted by molar-refractivity contribution is 5.79. The lowest BCUT2D eigenvalue weighted by atomic mass is 9.95. The number of nitrogens with zero attached hydrogens (tertiary/aromatic N) is 3. The Balaban J connectivity index is 1.54. The third-order valence-corrected chi connectivity index (χ3v) is 4.80. The summed E-state index contributed by atoms with van der Waals surface area (Å²) in [5, 5.41) is 21.5. The quantitative estimate of drug-likeness (QED) is 0.885. The van der Waals surface area contributed by atoms with E-state index in [0.29, 0.717) is 5.56 Å². The molecule has 3 rings (SSSR count). The van der Waals surface area contributed by atoms with Gasteiger partial charge in [-0.15, -0.1) is 0 Å². The maximum absolute atomic E-state index is 12.5. The summed E-state index contributed by atoms with van der Waals surface area (Å²) in [6.07, 6.45) is 3.10. The molecule has 1 aliphatic rings. The molecule has 0 saturated carbocycles. The van der Waals surface area contributed by atoms with Crippen molar-refractivity contribution in [1.29, 1.82) is 5.26 Å². The van der Waals surface area contributed by atoms with Gasteiger partial charge in [-0.3, -0.25) is 4.79 Å². The molecule has 0 spiro atoms. The minimum atomic E-state index is -0.146. The summed E-state index contributed by atoms with van der Waals surface area (Å²) in [7, 11) is 0. The number of rotatable bonds is 4. The molecule has 2 N–H and O–H groups in total. The standard InChI is InChI=1S/C20H22N4O2/c1-14(17-3-2-4-18(25)11-17)23-20(26)16-7-9-24(10-8-16)19-6-5-15(12-21)13-22-19/h2-6,11,13-14,16,25H,7-10H2,1H3,(H,23,26)/t14-/m0/s1. The summed E-state index contributed by atoms with van der Waals surface area (Å²) in [5.74, 6) is 1.07. The molecule has 0 bridgehead atoms. The molecule has 2 heterocycles. The predicted octanol–water partition coefficient (Wildman–Crippen LogP) is 2.75. The number of benzene rings is 1. The molecule has 1 aliphatic heterocycles. The van der Waals surface area contributed by atoms with Crippen molar-refractivity contribution in [1.82, 2.24) is 10.3 Å². The third kappa shape index (κ3) is 4.12. The van der Waals surface area contributed by atoms with Gasteiger partial charge in [0.2, 0.25) is 5.91 Å². The van der Waals surface area contributed by atoms with Crippen LogP contribution in [0.15, 0.2) is 42.6 Å². The first kappa shape index (κ1) is 17.7. The van der Waals surface area contributed by atoms with E-state index in [-0.39, 0.29) is 23.6 Å². The Morgan fingerprint density at radius 3 is 2.73 bits per heavy atom. The van der Waals surface area contributed by atoms with E-state index in [2.05, 4.69) is 21.3 Å². The topological polar surface area (TPSA) is 89.3 Å². The summed E-state index contributed by atoms with van der Waals surface area (Å²) in [5.41, 5.74) is 1.43. The number of carbonyl (C=O) groups is 1. The number of piperidine rings is 1. The number of pyridine rings is 1. The van der Waals surface area contributed by atoms with Crippen molar-refractivity contribution in [3.05, 3.63) is 53.7 Å². The Bertz CT molecular complexity index is 805. The number of hydrogen-bond acceptors (Lipinski definition) is 5. The van der Waals surface area contributed by atoms with Crippen molar-refractivity contribution >= 4 is 11.7 Å². The van der Waals surface area contributed by atoms with Crippen LogP contribution in [0.1, 0.15) is 36.9 Å². The smallest absolute Gasteiger partial charge is 0.223 e.